The number of hydrogen-bond acceptors (Lipinski definition) is 4. The quantitative estimate of drug-likeness (QED) is 0.633. The Morgan fingerprint density at radius 2 is 1.89 bits per heavy atom. The van der Waals surface area contributed by atoms with Crippen molar-refractivity contribution in [2.45, 2.75) is 18.0 Å². The van der Waals surface area contributed by atoms with Gasteiger partial charge in [-0.3, -0.25) is 9.59 Å². The molecule has 2 aromatic rings. The fourth-order valence-electron chi connectivity index (χ4n) is 4.21. The summed E-state index contributed by atoms with van der Waals surface area (Å²) in [6, 6.07) is 16.2. The molecule has 0 saturated carbocycles. The fourth-order valence-corrected chi connectivity index (χ4v) is 4.70. The molecular weight excluding hydrogens is 384 g/mol. The molecule has 0 spiro atoms. The van der Waals surface area contributed by atoms with Gasteiger partial charge in [-0.1, -0.05) is 54.1 Å². The van der Waals surface area contributed by atoms with E-state index in [1.165, 1.54) is 7.11 Å². The van der Waals surface area contributed by atoms with Crippen LogP contribution in [0.2, 0.25) is 5.02 Å². The number of nitrogens with zero attached hydrogens (tertiary/aromatic N) is 1. The predicted octanol–water partition coefficient (Wildman–Crippen LogP) is 3.19. The standard InChI is InChI=1S/C20H17ClN2O3S/c1-26-17(24)15-11-20(13-5-3-2-4-6-13)18(25)22-19(27)23(20)16(15)12-7-9-14(21)10-8-12/h2-10,15-16H,11H2,1H3,(H,22,25,27)/t15?,16-,20+/m0/s1. The van der Waals surface area contributed by atoms with E-state index in [-0.39, 0.29) is 18.3 Å². The van der Waals surface area contributed by atoms with Crippen LogP contribution in [0.3, 0.4) is 0 Å². The van der Waals surface area contributed by atoms with E-state index in [2.05, 4.69) is 5.32 Å². The molecule has 1 amide bonds. The van der Waals surface area contributed by atoms with Crippen LogP contribution in [0.15, 0.2) is 54.6 Å². The molecule has 0 aromatic heterocycles. The smallest absolute Gasteiger partial charge is 0.311 e. The van der Waals surface area contributed by atoms with Gasteiger partial charge < -0.3 is 15.0 Å². The SMILES string of the molecule is COC(=O)C1C[C@@]2(c3ccccc3)C(=O)NC(=S)N2[C@H]1c1ccc(Cl)cc1. The molecule has 5 nitrogen and oxygen atoms in total. The van der Waals surface area contributed by atoms with Gasteiger partial charge in [0.15, 0.2) is 5.11 Å². The molecule has 0 aliphatic carbocycles. The van der Waals surface area contributed by atoms with Crippen molar-refractivity contribution in [3.8, 4) is 0 Å². The number of rotatable bonds is 3. The van der Waals surface area contributed by atoms with Gasteiger partial charge in [-0.05, 0) is 41.9 Å². The lowest BCUT2D eigenvalue weighted by Crippen LogP contribution is -2.42. The number of carbonyl (C=O) groups is 2. The van der Waals surface area contributed by atoms with Gasteiger partial charge in [0.25, 0.3) is 5.91 Å². The minimum atomic E-state index is -1.04. The molecule has 3 atom stereocenters. The third-order valence-corrected chi connectivity index (χ3v) is 5.92. The molecular formula is C20H17ClN2O3S. The average molecular weight is 401 g/mol. The summed E-state index contributed by atoms with van der Waals surface area (Å²) >= 11 is 11.5. The molecule has 2 fully saturated rings. The summed E-state index contributed by atoms with van der Waals surface area (Å²) in [5.41, 5.74) is 0.612. The first kappa shape index (κ1) is 17.9. The maximum absolute atomic E-state index is 13.1. The van der Waals surface area contributed by atoms with E-state index in [1.54, 1.807) is 12.1 Å². The highest BCUT2D eigenvalue weighted by Crippen LogP contribution is 2.54. The molecule has 1 N–H and O–H groups in total. The number of carbonyl (C=O) groups excluding carboxylic acids is 2. The number of halogens is 1. The molecule has 138 valence electrons. The molecule has 2 heterocycles. The summed E-state index contributed by atoms with van der Waals surface area (Å²) in [7, 11) is 1.36. The molecule has 0 radical (unpaired) electrons. The van der Waals surface area contributed by atoms with Gasteiger partial charge in [-0.25, -0.2) is 0 Å². The number of thiocarbonyl (C=S) groups is 1. The number of benzene rings is 2. The van der Waals surface area contributed by atoms with Crippen molar-refractivity contribution in [3.05, 3.63) is 70.7 Å². The summed E-state index contributed by atoms with van der Waals surface area (Å²) in [5.74, 6) is -1.13. The Morgan fingerprint density at radius 3 is 2.52 bits per heavy atom. The molecule has 0 bridgehead atoms. The summed E-state index contributed by atoms with van der Waals surface area (Å²) in [6.45, 7) is 0. The molecule has 2 aliphatic rings. The molecule has 4 rings (SSSR count). The van der Waals surface area contributed by atoms with Gasteiger partial charge in [0.05, 0.1) is 19.1 Å². The number of ether oxygens (including phenoxy) is 1. The van der Waals surface area contributed by atoms with Crippen LogP contribution in [0.1, 0.15) is 23.6 Å². The Labute approximate surface area is 167 Å². The van der Waals surface area contributed by atoms with Crippen molar-refractivity contribution in [1.29, 1.82) is 0 Å². The first-order chi connectivity index (χ1) is 13.0. The number of amides is 1. The highest BCUT2D eigenvalue weighted by molar-refractivity contribution is 7.80. The average Bonchev–Trinajstić information content (AvgIpc) is 3.17. The van der Waals surface area contributed by atoms with Gasteiger partial charge in [0, 0.05) is 5.02 Å². The van der Waals surface area contributed by atoms with Gasteiger partial charge in [0.2, 0.25) is 0 Å². The zero-order chi connectivity index (χ0) is 19.2. The molecule has 7 heteroatoms. The Bertz CT molecular complexity index is 919. The summed E-state index contributed by atoms with van der Waals surface area (Å²) in [4.78, 5) is 27.5. The van der Waals surface area contributed by atoms with E-state index < -0.39 is 17.5 Å². The van der Waals surface area contributed by atoms with Gasteiger partial charge >= 0.3 is 5.97 Å². The van der Waals surface area contributed by atoms with Crippen LogP contribution in [-0.4, -0.2) is 29.0 Å². The number of methoxy groups -OCH3 is 1. The summed E-state index contributed by atoms with van der Waals surface area (Å²) in [6.07, 6.45) is 0.281. The van der Waals surface area contributed by atoms with Crippen molar-refractivity contribution in [3.63, 3.8) is 0 Å². The lowest BCUT2D eigenvalue weighted by atomic mass is 9.84. The Hall–Kier alpha value is -2.44. The van der Waals surface area contributed by atoms with E-state index in [1.807, 2.05) is 47.4 Å². The monoisotopic (exact) mass is 400 g/mol. The highest BCUT2D eigenvalue weighted by Gasteiger charge is 2.64. The topological polar surface area (TPSA) is 58.6 Å². The van der Waals surface area contributed by atoms with E-state index in [0.29, 0.717) is 10.1 Å². The Balaban J connectivity index is 1.91. The first-order valence-electron chi connectivity index (χ1n) is 8.52. The minimum absolute atomic E-state index is 0.218. The maximum Gasteiger partial charge on any atom is 0.311 e. The van der Waals surface area contributed by atoms with Crippen molar-refractivity contribution in [2.75, 3.05) is 7.11 Å². The number of esters is 1. The normalized spacial score (nSPS) is 26.7. The molecule has 1 unspecified atom stereocenters. The van der Waals surface area contributed by atoms with E-state index in [9.17, 15) is 9.59 Å². The van der Waals surface area contributed by atoms with Crippen LogP contribution in [0.5, 0.6) is 0 Å². The van der Waals surface area contributed by atoms with Crippen molar-refractivity contribution in [1.82, 2.24) is 10.2 Å². The van der Waals surface area contributed by atoms with E-state index in [0.717, 1.165) is 11.1 Å². The largest absolute Gasteiger partial charge is 0.469 e. The van der Waals surface area contributed by atoms with E-state index in [4.69, 9.17) is 28.6 Å². The Morgan fingerprint density at radius 1 is 1.22 bits per heavy atom. The molecule has 2 aromatic carbocycles. The van der Waals surface area contributed by atoms with Crippen LogP contribution in [0.4, 0.5) is 0 Å². The minimum Gasteiger partial charge on any atom is -0.469 e. The fraction of sp³-hybridized carbons (Fsp3) is 0.250. The van der Waals surface area contributed by atoms with Gasteiger partial charge in [0.1, 0.15) is 5.54 Å². The van der Waals surface area contributed by atoms with Crippen LogP contribution >= 0.6 is 23.8 Å². The number of nitrogens with one attached hydrogen (secondary N) is 1. The van der Waals surface area contributed by atoms with Crippen molar-refractivity contribution < 1.29 is 14.3 Å². The lowest BCUT2D eigenvalue weighted by molar-refractivity contribution is -0.146. The second kappa shape index (κ2) is 6.62. The lowest BCUT2D eigenvalue weighted by Gasteiger charge is -2.34. The van der Waals surface area contributed by atoms with Crippen molar-refractivity contribution in [2.24, 2.45) is 5.92 Å². The third-order valence-electron chi connectivity index (χ3n) is 5.37. The first-order valence-corrected chi connectivity index (χ1v) is 9.31. The van der Waals surface area contributed by atoms with Crippen molar-refractivity contribution >= 4 is 40.8 Å². The summed E-state index contributed by atoms with van der Waals surface area (Å²) in [5, 5.41) is 3.70. The maximum atomic E-state index is 13.1. The van der Waals surface area contributed by atoms with Crippen LogP contribution in [0.25, 0.3) is 0 Å². The van der Waals surface area contributed by atoms with Crippen LogP contribution < -0.4 is 5.32 Å². The molecule has 27 heavy (non-hydrogen) atoms. The van der Waals surface area contributed by atoms with Gasteiger partial charge in [-0.15, -0.1) is 0 Å². The third kappa shape index (κ3) is 2.63. The van der Waals surface area contributed by atoms with E-state index >= 15 is 0 Å². The number of fused-ring (bicyclic) bond motifs is 1. The van der Waals surface area contributed by atoms with Crippen LogP contribution in [-0.2, 0) is 19.9 Å². The number of hydrogen-bond donors (Lipinski definition) is 1. The molecule has 2 aliphatic heterocycles. The predicted molar refractivity (Wildman–Crippen MR) is 105 cm³/mol. The zero-order valence-electron chi connectivity index (χ0n) is 14.5. The highest BCUT2D eigenvalue weighted by atomic mass is 35.5. The second-order valence-corrected chi connectivity index (χ2v) is 7.51. The molecule has 2 saturated heterocycles. The van der Waals surface area contributed by atoms with Crippen LogP contribution in [0, 0.1) is 5.92 Å². The second-order valence-electron chi connectivity index (χ2n) is 6.69. The zero-order valence-corrected chi connectivity index (χ0v) is 16.1. The summed E-state index contributed by atoms with van der Waals surface area (Å²) < 4.78 is 5.06. The van der Waals surface area contributed by atoms with Gasteiger partial charge in [-0.2, -0.15) is 0 Å². The Kier molecular flexibility index (Phi) is 4.40.